The third kappa shape index (κ3) is 4.15. The Labute approximate surface area is 148 Å². The maximum Gasteiger partial charge on any atom is 0.257 e. The first-order valence-electron chi connectivity index (χ1n) is 7.65. The minimum atomic E-state index is -0.0447. The van der Waals surface area contributed by atoms with E-state index in [0.717, 1.165) is 15.8 Å². The number of rotatable bonds is 4. The van der Waals surface area contributed by atoms with E-state index in [1.165, 1.54) is 35.6 Å². The Balaban J connectivity index is 1.51. The molecule has 0 radical (unpaired) electrons. The molecule has 7 nitrogen and oxygen atoms in total. The number of carbonyl (C=O) groups is 2. The van der Waals surface area contributed by atoms with Crippen molar-refractivity contribution in [2.24, 2.45) is 0 Å². The van der Waals surface area contributed by atoms with Crippen LogP contribution in [0.1, 0.15) is 21.8 Å². The van der Waals surface area contributed by atoms with Gasteiger partial charge in [0.25, 0.3) is 5.91 Å². The van der Waals surface area contributed by atoms with Crippen molar-refractivity contribution in [3.8, 4) is 0 Å². The van der Waals surface area contributed by atoms with Crippen LogP contribution in [0.15, 0.2) is 27.3 Å². The van der Waals surface area contributed by atoms with Crippen molar-refractivity contribution in [3.63, 3.8) is 0 Å². The molecule has 1 fully saturated rings. The molecule has 9 heteroatoms. The van der Waals surface area contributed by atoms with Gasteiger partial charge >= 0.3 is 0 Å². The van der Waals surface area contributed by atoms with Crippen LogP contribution in [0.3, 0.4) is 0 Å². The summed E-state index contributed by atoms with van der Waals surface area (Å²) in [7, 11) is 0. The summed E-state index contributed by atoms with van der Waals surface area (Å²) in [4.78, 5) is 28.3. The average molecular weight is 366 g/mol. The van der Waals surface area contributed by atoms with Gasteiger partial charge in [-0.15, -0.1) is 10.2 Å². The van der Waals surface area contributed by atoms with Gasteiger partial charge in [0, 0.05) is 26.2 Å². The van der Waals surface area contributed by atoms with Gasteiger partial charge < -0.3 is 14.2 Å². The van der Waals surface area contributed by atoms with Crippen molar-refractivity contribution in [3.05, 3.63) is 29.2 Å². The number of thioether (sulfide) groups is 1. The third-order valence-electron chi connectivity index (χ3n) is 3.73. The zero-order valence-corrected chi connectivity index (χ0v) is 14.9. The molecule has 128 valence electrons. The van der Waals surface area contributed by atoms with Gasteiger partial charge in [-0.1, -0.05) is 23.1 Å². The molecule has 1 aliphatic heterocycles. The fraction of sp³-hybridized carbons (Fsp3) is 0.467. The Morgan fingerprint density at radius 2 is 2.04 bits per heavy atom. The number of furan rings is 1. The van der Waals surface area contributed by atoms with Crippen LogP contribution in [0.2, 0.25) is 0 Å². The van der Waals surface area contributed by atoms with Gasteiger partial charge in [0.1, 0.15) is 11.3 Å². The molecule has 1 aliphatic rings. The topological polar surface area (TPSA) is 79.5 Å². The first-order valence-corrected chi connectivity index (χ1v) is 9.46. The van der Waals surface area contributed by atoms with E-state index in [1.54, 1.807) is 11.0 Å². The molecule has 0 aromatic carbocycles. The van der Waals surface area contributed by atoms with E-state index < -0.39 is 0 Å². The molecule has 1 saturated heterocycles. The Kier molecular flexibility index (Phi) is 5.52. The molecule has 0 N–H and O–H groups in total. The van der Waals surface area contributed by atoms with Crippen molar-refractivity contribution in [2.45, 2.75) is 17.7 Å². The van der Waals surface area contributed by atoms with E-state index in [2.05, 4.69) is 10.2 Å². The number of hydrogen-bond acceptors (Lipinski definition) is 7. The van der Waals surface area contributed by atoms with Crippen molar-refractivity contribution in [2.75, 3.05) is 31.9 Å². The summed E-state index contributed by atoms with van der Waals surface area (Å²) in [5, 5.41) is 8.86. The highest BCUT2D eigenvalue weighted by Crippen LogP contribution is 2.22. The fourth-order valence-corrected chi connectivity index (χ4v) is 4.21. The normalized spacial score (nSPS) is 15.4. The van der Waals surface area contributed by atoms with Crippen LogP contribution in [-0.2, 0) is 4.79 Å². The Bertz CT molecular complexity index is 701. The van der Waals surface area contributed by atoms with Crippen molar-refractivity contribution < 1.29 is 14.0 Å². The zero-order valence-electron chi connectivity index (χ0n) is 13.3. The van der Waals surface area contributed by atoms with Gasteiger partial charge in [0.05, 0.1) is 17.6 Å². The lowest BCUT2D eigenvalue weighted by Crippen LogP contribution is -2.38. The molecule has 2 aromatic heterocycles. The van der Waals surface area contributed by atoms with E-state index in [-0.39, 0.29) is 11.8 Å². The van der Waals surface area contributed by atoms with Crippen LogP contribution < -0.4 is 0 Å². The molecule has 0 aliphatic carbocycles. The highest BCUT2D eigenvalue weighted by molar-refractivity contribution is 8.01. The van der Waals surface area contributed by atoms with Crippen LogP contribution in [0.5, 0.6) is 0 Å². The van der Waals surface area contributed by atoms with Crippen molar-refractivity contribution in [1.29, 1.82) is 0 Å². The van der Waals surface area contributed by atoms with Crippen LogP contribution in [0.4, 0.5) is 0 Å². The standard InChI is InChI=1S/C15H18N4O3S2/c1-11-16-17-15(24-11)23-10-13(20)18-4-2-5-19(7-6-18)14(21)12-3-8-22-9-12/h3,8-9H,2,4-7,10H2,1H3. The molecule has 0 unspecified atom stereocenters. The highest BCUT2D eigenvalue weighted by atomic mass is 32.2. The third-order valence-corrected chi connectivity index (χ3v) is 5.69. The summed E-state index contributed by atoms with van der Waals surface area (Å²) in [6, 6.07) is 1.66. The molecule has 3 rings (SSSR count). The smallest absolute Gasteiger partial charge is 0.257 e. The lowest BCUT2D eigenvalue weighted by atomic mass is 10.3. The van der Waals surface area contributed by atoms with E-state index in [0.29, 0.717) is 37.5 Å². The van der Waals surface area contributed by atoms with E-state index >= 15 is 0 Å². The summed E-state index contributed by atoms with van der Waals surface area (Å²) in [6.45, 7) is 4.31. The predicted octanol–water partition coefficient (Wildman–Crippen LogP) is 1.91. The van der Waals surface area contributed by atoms with Gasteiger partial charge in [-0.2, -0.15) is 0 Å². The number of nitrogens with zero attached hydrogens (tertiary/aromatic N) is 4. The molecule has 0 bridgehead atoms. The van der Waals surface area contributed by atoms with Crippen LogP contribution in [-0.4, -0.2) is 63.7 Å². The van der Waals surface area contributed by atoms with E-state index in [9.17, 15) is 9.59 Å². The van der Waals surface area contributed by atoms with E-state index in [4.69, 9.17) is 4.42 Å². The minimum Gasteiger partial charge on any atom is -0.472 e. The summed E-state index contributed by atoms with van der Waals surface area (Å²) in [5.74, 6) is 0.381. The summed E-state index contributed by atoms with van der Waals surface area (Å²) >= 11 is 2.91. The number of carbonyl (C=O) groups excluding carboxylic acids is 2. The molecular formula is C15H18N4O3S2. The van der Waals surface area contributed by atoms with Crippen LogP contribution >= 0.6 is 23.1 Å². The summed E-state index contributed by atoms with van der Waals surface area (Å²) in [6.07, 6.45) is 3.72. The SMILES string of the molecule is Cc1nnc(SCC(=O)N2CCCN(C(=O)c3ccoc3)CC2)s1. The van der Waals surface area contributed by atoms with Gasteiger partial charge in [-0.25, -0.2) is 0 Å². The molecule has 3 heterocycles. The maximum atomic E-state index is 12.4. The molecular weight excluding hydrogens is 348 g/mol. The van der Waals surface area contributed by atoms with E-state index in [1.807, 2.05) is 11.8 Å². The molecule has 24 heavy (non-hydrogen) atoms. The lowest BCUT2D eigenvalue weighted by Gasteiger charge is -2.21. The van der Waals surface area contributed by atoms with Gasteiger partial charge in [-0.3, -0.25) is 9.59 Å². The molecule has 0 spiro atoms. The van der Waals surface area contributed by atoms with Crippen molar-refractivity contribution in [1.82, 2.24) is 20.0 Å². The Hall–Kier alpha value is -1.87. The zero-order chi connectivity index (χ0) is 16.9. The maximum absolute atomic E-state index is 12.4. The van der Waals surface area contributed by atoms with Crippen LogP contribution in [0.25, 0.3) is 0 Å². The van der Waals surface area contributed by atoms with Gasteiger partial charge in [0.15, 0.2) is 4.34 Å². The first-order chi connectivity index (χ1) is 11.6. The number of amides is 2. The Morgan fingerprint density at radius 1 is 1.25 bits per heavy atom. The predicted molar refractivity (Wildman–Crippen MR) is 91.2 cm³/mol. The summed E-state index contributed by atoms with van der Waals surface area (Å²) in [5.41, 5.74) is 0.553. The highest BCUT2D eigenvalue weighted by Gasteiger charge is 2.23. The molecule has 2 amide bonds. The molecule has 0 atom stereocenters. The Morgan fingerprint density at radius 3 is 2.75 bits per heavy atom. The molecule has 0 saturated carbocycles. The second-order valence-electron chi connectivity index (χ2n) is 5.41. The fourth-order valence-electron chi connectivity index (χ4n) is 2.49. The quantitative estimate of drug-likeness (QED) is 0.769. The average Bonchev–Trinajstić information content (AvgIpc) is 3.18. The molecule has 2 aromatic rings. The van der Waals surface area contributed by atoms with Gasteiger partial charge in [0.2, 0.25) is 5.91 Å². The number of aryl methyl sites for hydroxylation is 1. The number of aromatic nitrogens is 2. The first kappa shape index (κ1) is 17.0. The largest absolute Gasteiger partial charge is 0.472 e. The minimum absolute atomic E-state index is 0.0447. The monoisotopic (exact) mass is 366 g/mol. The second-order valence-corrected chi connectivity index (χ2v) is 7.82. The number of hydrogen-bond donors (Lipinski definition) is 0. The van der Waals surface area contributed by atoms with Crippen LogP contribution in [0, 0.1) is 6.92 Å². The second kappa shape index (κ2) is 7.80. The summed E-state index contributed by atoms with van der Waals surface area (Å²) < 4.78 is 5.78. The van der Waals surface area contributed by atoms with Gasteiger partial charge in [-0.05, 0) is 19.4 Å². The van der Waals surface area contributed by atoms with Crippen molar-refractivity contribution >= 4 is 34.9 Å². The lowest BCUT2D eigenvalue weighted by molar-refractivity contribution is -0.128.